The SMILES string of the molecule is O=C1NCCC[C@H]1n1cnc2c(F)cccc2c1=O. The molecule has 0 saturated carbocycles. The second-order valence-electron chi connectivity index (χ2n) is 4.54. The summed E-state index contributed by atoms with van der Waals surface area (Å²) < 4.78 is 14.8. The van der Waals surface area contributed by atoms with Gasteiger partial charge < -0.3 is 5.32 Å². The first kappa shape index (κ1) is 11.8. The molecule has 0 bridgehead atoms. The highest BCUT2D eigenvalue weighted by Gasteiger charge is 2.25. The monoisotopic (exact) mass is 261 g/mol. The number of fused-ring (bicyclic) bond motifs is 1. The molecular formula is C13H12FN3O2. The maximum atomic E-state index is 13.5. The number of piperidine rings is 1. The Morgan fingerprint density at radius 1 is 1.37 bits per heavy atom. The van der Waals surface area contributed by atoms with Crippen LogP contribution >= 0.6 is 0 Å². The van der Waals surface area contributed by atoms with Crippen LogP contribution in [-0.4, -0.2) is 22.0 Å². The fourth-order valence-corrected chi connectivity index (χ4v) is 2.37. The highest BCUT2D eigenvalue weighted by molar-refractivity contribution is 5.82. The van der Waals surface area contributed by atoms with Crippen molar-refractivity contribution in [1.29, 1.82) is 0 Å². The Morgan fingerprint density at radius 3 is 3.00 bits per heavy atom. The van der Waals surface area contributed by atoms with Crippen molar-refractivity contribution in [3.63, 3.8) is 0 Å². The molecule has 0 unspecified atom stereocenters. The molecule has 1 N–H and O–H groups in total. The number of nitrogens with zero attached hydrogens (tertiary/aromatic N) is 2. The van der Waals surface area contributed by atoms with Gasteiger partial charge in [0.2, 0.25) is 5.91 Å². The molecule has 19 heavy (non-hydrogen) atoms. The number of hydrogen-bond acceptors (Lipinski definition) is 3. The van der Waals surface area contributed by atoms with E-state index in [1.165, 1.54) is 29.1 Å². The molecule has 1 aliphatic heterocycles. The molecule has 2 heterocycles. The van der Waals surface area contributed by atoms with Gasteiger partial charge in [-0.25, -0.2) is 9.37 Å². The number of aromatic nitrogens is 2. The molecular weight excluding hydrogens is 249 g/mol. The molecule has 0 spiro atoms. The lowest BCUT2D eigenvalue weighted by Crippen LogP contribution is -2.41. The topological polar surface area (TPSA) is 64.0 Å². The summed E-state index contributed by atoms with van der Waals surface area (Å²) >= 11 is 0. The molecule has 6 heteroatoms. The Bertz CT molecular complexity index is 711. The second kappa shape index (κ2) is 4.46. The van der Waals surface area contributed by atoms with Gasteiger partial charge in [-0.05, 0) is 25.0 Å². The first-order valence-electron chi connectivity index (χ1n) is 6.11. The van der Waals surface area contributed by atoms with Gasteiger partial charge in [0.15, 0.2) is 0 Å². The van der Waals surface area contributed by atoms with Crippen LogP contribution in [0.1, 0.15) is 18.9 Å². The molecule has 0 radical (unpaired) electrons. The van der Waals surface area contributed by atoms with E-state index < -0.39 is 11.9 Å². The molecule has 1 saturated heterocycles. The number of hydrogen-bond donors (Lipinski definition) is 1. The lowest BCUT2D eigenvalue weighted by atomic mass is 10.1. The van der Waals surface area contributed by atoms with E-state index in [0.717, 1.165) is 6.42 Å². The molecule has 3 rings (SSSR count). The lowest BCUT2D eigenvalue weighted by Gasteiger charge is -2.23. The number of carbonyl (C=O) groups excluding carboxylic acids is 1. The van der Waals surface area contributed by atoms with Crippen molar-refractivity contribution in [2.75, 3.05) is 6.54 Å². The largest absolute Gasteiger partial charge is 0.354 e. The fraction of sp³-hybridized carbons (Fsp3) is 0.308. The lowest BCUT2D eigenvalue weighted by molar-refractivity contribution is -0.125. The Kier molecular flexibility index (Phi) is 2.77. The Morgan fingerprint density at radius 2 is 2.21 bits per heavy atom. The summed E-state index contributed by atoms with van der Waals surface area (Å²) in [4.78, 5) is 28.0. The first-order valence-corrected chi connectivity index (χ1v) is 6.11. The third-order valence-electron chi connectivity index (χ3n) is 3.35. The number of para-hydroxylation sites is 1. The van der Waals surface area contributed by atoms with Crippen LogP contribution in [-0.2, 0) is 4.79 Å². The Labute approximate surface area is 108 Å². The average Bonchev–Trinajstić information content (AvgIpc) is 2.41. The quantitative estimate of drug-likeness (QED) is 0.832. The van der Waals surface area contributed by atoms with Crippen LogP contribution in [0.5, 0.6) is 0 Å². The summed E-state index contributed by atoms with van der Waals surface area (Å²) in [5, 5.41) is 2.91. The molecule has 1 aromatic heterocycles. The van der Waals surface area contributed by atoms with Crippen molar-refractivity contribution >= 4 is 16.8 Å². The van der Waals surface area contributed by atoms with Crippen LogP contribution in [0.25, 0.3) is 10.9 Å². The average molecular weight is 261 g/mol. The minimum Gasteiger partial charge on any atom is -0.354 e. The molecule has 1 amide bonds. The minimum absolute atomic E-state index is 0.0416. The number of nitrogens with one attached hydrogen (secondary N) is 1. The third-order valence-corrected chi connectivity index (χ3v) is 3.35. The van der Waals surface area contributed by atoms with Gasteiger partial charge in [-0.3, -0.25) is 14.2 Å². The Hall–Kier alpha value is -2.24. The second-order valence-corrected chi connectivity index (χ2v) is 4.54. The van der Waals surface area contributed by atoms with Crippen molar-refractivity contribution in [3.8, 4) is 0 Å². The number of rotatable bonds is 1. The van der Waals surface area contributed by atoms with Crippen molar-refractivity contribution in [2.45, 2.75) is 18.9 Å². The molecule has 1 aliphatic rings. The predicted molar refractivity (Wildman–Crippen MR) is 67.2 cm³/mol. The normalized spacial score (nSPS) is 19.4. The summed E-state index contributed by atoms with van der Waals surface area (Å²) in [6.07, 6.45) is 2.65. The van der Waals surface area contributed by atoms with E-state index in [2.05, 4.69) is 10.3 Å². The van der Waals surface area contributed by atoms with E-state index in [1.54, 1.807) is 0 Å². The highest BCUT2D eigenvalue weighted by Crippen LogP contribution is 2.17. The van der Waals surface area contributed by atoms with Crippen LogP contribution in [0.4, 0.5) is 4.39 Å². The molecule has 1 aromatic carbocycles. The van der Waals surface area contributed by atoms with Crippen molar-refractivity contribution in [3.05, 3.63) is 40.7 Å². The van der Waals surface area contributed by atoms with Crippen LogP contribution in [0, 0.1) is 5.82 Å². The van der Waals surface area contributed by atoms with Gasteiger partial charge in [-0.2, -0.15) is 0 Å². The first-order chi connectivity index (χ1) is 9.18. The number of halogens is 1. The summed E-state index contributed by atoms with van der Waals surface area (Å²) in [5.41, 5.74) is -0.341. The smallest absolute Gasteiger partial charge is 0.262 e. The fourth-order valence-electron chi connectivity index (χ4n) is 2.37. The summed E-state index contributed by atoms with van der Waals surface area (Å²) in [6.45, 7) is 0.625. The van der Waals surface area contributed by atoms with Gasteiger partial charge in [-0.15, -0.1) is 0 Å². The van der Waals surface area contributed by atoms with Gasteiger partial charge in [0.25, 0.3) is 5.56 Å². The molecule has 1 fully saturated rings. The van der Waals surface area contributed by atoms with Crippen LogP contribution < -0.4 is 10.9 Å². The zero-order chi connectivity index (χ0) is 13.4. The van der Waals surface area contributed by atoms with Crippen LogP contribution in [0.2, 0.25) is 0 Å². The standard InChI is InChI=1S/C13H12FN3O2/c14-9-4-1-3-8-11(9)16-7-17(13(8)19)10-5-2-6-15-12(10)18/h1,3-4,7,10H,2,5-6H2,(H,15,18)/t10-/m1/s1. The summed E-state index contributed by atoms with van der Waals surface area (Å²) in [6, 6.07) is 3.69. The summed E-state index contributed by atoms with van der Waals surface area (Å²) in [5.74, 6) is -0.722. The van der Waals surface area contributed by atoms with Gasteiger partial charge in [0.1, 0.15) is 17.4 Å². The molecule has 1 atom stereocenters. The van der Waals surface area contributed by atoms with Crippen molar-refractivity contribution in [1.82, 2.24) is 14.9 Å². The van der Waals surface area contributed by atoms with Crippen LogP contribution in [0.3, 0.4) is 0 Å². The minimum atomic E-state index is -0.554. The van der Waals surface area contributed by atoms with E-state index in [-0.39, 0.29) is 22.4 Å². The van der Waals surface area contributed by atoms with Crippen molar-refractivity contribution in [2.24, 2.45) is 0 Å². The van der Waals surface area contributed by atoms with Crippen molar-refractivity contribution < 1.29 is 9.18 Å². The molecule has 0 aliphatic carbocycles. The zero-order valence-electron chi connectivity index (χ0n) is 10.1. The van der Waals surface area contributed by atoms with E-state index in [4.69, 9.17) is 0 Å². The molecule has 5 nitrogen and oxygen atoms in total. The summed E-state index contributed by atoms with van der Waals surface area (Å²) in [7, 11) is 0. The number of carbonyl (C=O) groups is 1. The number of amides is 1. The van der Waals surface area contributed by atoms with Gasteiger partial charge in [0, 0.05) is 6.54 Å². The number of benzene rings is 1. The third kappa shape index (κ3) is 1.89. The maximum Gasteiger partial charge on any atom is 0.262 e. The highest BCUT2D eigenvalue weighted by atomic mass is 19.1. The van der Waals surface area contributed by atoms with E-state index in [0.29, 0.717) is 13.0 Å². The van der Waals surface area contributed by atoms with Gasteiger partial charge >= 0.3 is 0 Å². The van der Waals surface area contributed by atoms with E-state index in [9.17, 15) is 14.0 Å². The molecule has 2 aromatic rings. The zero-order valence-corrected chi connectivity index (χ0v) is 10.1. The van der Waals surface area contributed by atoms with E-state index in [1.807, 2.05) is 0 Å². The molecule has 98 valence electrons. The van der Waals surface area contributed by atoms with E-state index >= 15 is 0 Å². The van der Waals surface area contributed by atoms with Gasteiger partial charge in [-0.1, -0.05) is 6.07 Å². The predicted octanol–water partition coefficient (Wildman–Crippen LogP) is 0.987. The maximum absolute atomic E-state index is 13.5. The Balaban J connectivity index is 2.18. The van der Waals surface area contributed by atoms with Crippen LogP contribution in [0.15, 0.2) is 29.3 Å². The van der Waals surface area contributed by atoms with Gasteiger partial charge in [0.05, 0.1) is 11.7 Å².